The zero-order chi connectivity index (χ0) is 12.4. The highest BCUT2D eigenvalue weighted by molar-refractivity contribution is 7.17. The number of carboxylic acid groups (broad SMARTS) is 1. The number of nitrogens with one attached hydrogen (secondary N) is 1. The molecule has 0 aliphatic carbocycles. The van der Waals surface area contributed by atoms with Crippen molar-refractivity contribution in [2.75, 3.05) is 11.9 Å². The second-order valence-corrected chi connectivity index (χ2v) is 4.48. The Bertz CT molecular complexity index is 521. The fraction of sp³-hybridized carbons (Fsp3) is 0.333. The topological polar surface area (TPSA) is 95.0 Å². The van der Waals surface area contributed by atoms with E-state index in [4.69, 9.17) is 5.11 Å². The molecular formula is C9H11N5O2S. The van der Waals surface area contributed by atoms with Gasteiger partial charge in [-0.3, -0.25) is 5.10 Å². The predicted octanol–water partition coefficient (Wildman–Crippen LogP) is 0.904. The third-order valence-corrected chi connectivity index (χ3v) is 3.42. The maximum atomic E-state index is 10.9. The molecule has 2 N–H and O–H groups in total. The fourth-order valence-electron chi connectivity index (χ4n) is 1.34. The number of rotatable bonds is 4. The first-order valence-corrected chi connectivity index (χ1v) is 5.65. The molecule has 7 nitrogen and oxygen atoms in total. The average Bonchev–Trinajstić information content (AvgIpc) is 2.86. The molecule has 0 unspecified atom stereocenters. The van der Waals surface area contributed by atoms with Crippen LogP contribution in [0.4, 0.5) is 5.13 Å². The van der Waals surface area contributed by atoms with Crippen LogP contribution >= 0.6 is 11.3 Å². The van der Waals surface area contributed by atoms with E-state index in [1.54, 1.807) is 6.92 Å². The molecule has 2 rings (SSSR count). The van der Waals surface area contributed by atoms with Gasteiger partial charge >= 0.3 is 5.97 Å². The molecule has 0 bridgehead atoms. The number of aromatic carboxylic acids is 1. The number of H-pyrrole nitrogens is 1. The molecule has 0 aliphatic heterocycles. The summed E-state index contributed by atoms with van der Waals surface area (Å²) in [6, 6.07) is 0. The molecule has 0 amide bonds. The van der Waals surface area contributed by atoms with E-state index in [-0.39, 0.29) is 4.88 Å². The third kappa shape index (κ3) is 2.41. The Kier molecular flexibility index (Phi) is 3.05. The van der Waals surface area contributed by atoms with Gasteiger partial charge in [-0.25, -0.2) is 14.8 Å². The monoisotopic (exact) mass is 253 g/mol. The fourth-order valence-corrected chi connectivity index (χ4v) is 2.21. The summed E-state index contributed by atoms with van der Waals surface area (Å²) < 4.78 is 0. The minimum absolute atomic E-state index is 0.268. The van der Waals surface area contributed by atoms with Gasteiger partial charge < -0.3 is 10.0 Å². The van der Waals surface area contributed by atoms with Crippen LogP contribution in [-0.2, 0) is 6.54 Å². The number of carboxylic acids is 1. The molecule has 17 heavy (non-hydrogen) atoms. The molecule has 0 spiro atoms. The molecule has 0 aliphatic rings. The van der Waals surface area contributed by atoms with Crippen LogP contribution in [0.1, 0.15) is 21.2 Å². The molecule has 0 saturated heterocycles. The summed E-state index contributed by atoms with van der Waals surface area (Å²) in [6.45, 7) is 2.19. The first kappa shape index (κ1) is 11.5. The number of anilines is 1. The lowest BCUT2D eigenvalue weighted by molar-refractivity contribution is 0.0701. The Labute approximate surface area is 101 Å². The Morgan fingerprint density at radius 1 is 1.65 bits per heavy atom. The number of hydrogen-bond donors (Lipinski definition) is 2. The minimum atomic E-state index is -0.945. The number of carbonyl (C=O) groups is 1. The first-order valence-electron chi connectivity index (χ1n) is 4.84. The van der Waals surface area contributed by atoms with Crippen molar-refractivity contribution in [3.8, 4) is 0 Å². The van der Waals surface area contributed by atoms with Gasteiger partial charge in [-0.05, 0) is 6.92 Å². The van der Waals surface area contributed by atoms with Crippen molar-refractivity contribution < 1.29 is 9.90 Å². The maximum absolute atomic E-state index is 10.9. The molecule has 8 heteroatoms. The van der Waals surface area contributed by atoms with E-state index in [0.29, 0.717) is 23.2 Å². The van der Waals surface area contributed by atoms with E-state index in [9.17, 15) is 4.79 Å². The average molecular weight is 253 g/mol. The van der Waals surface area contributed by atoms with Crippen LogP contribution in [0.5, 0.6) is 0 Å². The molecular weight excluding hydrogens is 242 g/mol. The lowest BCUT2D eigenvalue weighted by atomic mass is 10.4. The van der Waals surface area contributed by atoms with Gasteiger partial charge in [0.05, 0.1) is 12.2 Å². The van der Waals surface area contributed by atoms with Crippen LogP contribution in [0.2, 0.25) is 0 Å². The van der Waals surface area contributed by atoms with Crippen LogP contribution in [0.25, 0.3) is 0 Å². The van der Waals surface area contributed by atoms with E-state index in [0.717, 1.165) is 11.3 Å². The standard InChI is InChI=1S/C9H11N5O2S/c1-5-7(8(15)16)17-9(12-5)14(2)3-6-10-4-11-13-6/h4H,3H2,1-2H3,(H,15,16)(H,10,11,13). The molecule has 0 radical (unpaired) electrons. The zero-order valence-corrected chi connectivity index (χ0v) is 10.2. The SMILES string of the molecule is Cc1nc(N(C)Cc2ncn[nH]2)sc1C(=O)O. The highest BCUT2D eigenvalue weighted by Gasteiger charge is 2.16. The summed E-state index contributed by atoms with van der Waals surface area (Å²) in [5, 5.41) is 16.1. The van der Waals surface area contributed by atoms with Crippen LogP contribution in [0.3, 0.4) is 0 Å². The van der Waals surface area contributed by atoms with Gasteiger partial charge in [0.15, 0.2) is 5.13 Å². The van der Waals surface area contributed by atoms with E-state index in [1.165, 1.54) is 6.33 Å². The van der Waals surface area contributed by atoms with Crippen molar-refractivity contribution >= 4 is 22.4 Å². The van der Waals surface area contributed by atoms with Gasteiger partial charge in [-0.2, -0.15) is 5.10 Å². The molecule has 0 fully saturated rings. The Morgan fingerprint density at radius 3 is 2.94 bits per heavy atom. The van der Waals surface area contributed by atoms with Gasteiger partial charge in [-0.15, -0.1) is 0 Å². The van der Waals surface area contributed by atoms with Crippen LogP contribution in [-0.4, -0.2) is 38.3 Å². The lowest BCUT2D eigenvalue weighted by Crippen LogP contribution is -2.17. The summed E-state index contributed by atoms with van der Waals surface area (Å²) in [5.41, 5.74) is 0.530. The van der Waals surface area contributed by atoms with Crippen molar-refractivity contribution in [1.29, 1.82) is 0 Å². The summed E-state index contributed by atoms with van der Waals surface area (Å²) in [5.74, 6) is -0.239. The highest BCUT2D eigenvalue weighted by atomic mass is 32.1. The normalized spacial score (nSPS) is 10.5. The predicted molar refractivity (Wildman–Crippen MR) is 62.3 cm³/mol. The van der Waals surface area contributed by atoms with Crippen LogP contribution in [0, 0.1) is 6.92 Å². The molecule has 2 aromatic heterocycles. The van der Waals surface area contributed by atoms with Crippen LogP contribution < -0.4 is 4.90 Å². The third-order valence-electron chi connectivity index (χ3n) is 2.16. The minimum Gasteiger partial charge on any atom is -0.477 e. The Morgan fingerprint density at radius 2 is 2.41 bits per heavy atom. The van der Waals surface area contributed by atoms with E-state index in [1.807, 2.05) is 11.9 Å². The van der Waals surface area contributed by atoms with Gasteiger partial charge in [0.2, 0.25) is 0 Å². The quantitative estimate of drug-likeness (QED) is 0.840. The van der Waals surface area contributed by atoms with Crippen molar-refractivity contribution in [3.63, 3.8) is 0 Å². The first-order chi connectivity index (χ1) is 8.08. The Hall–Kier alpha value is -1.96. The number of aromatic amines is 1. The van der Waals surface area contributed by atoms with Crippen molar-refractivity contribution in [3.05, 3.63) is 22.7 Å². The second-order valence-electron chi connectivity index (χ2n) is 3.50. The van der Waals surface area contributed by atoms with Crippen molar-refractivity contribution in [2.45, 2.75) is 13.5 Å². The summed E-state index contributed by atoms with van der Waals surface area (Å²) >= 11 is 1.15. The molecule has 2 heterocycles. The van der Waals surface area contributed by atoms with Crippen molar-refractivity contribution in [2.24, 2.45) is 0 Å². The smallest absolute Gasteiger partial charge is 0.347 e. The molecule has 0 atom stereocenters. The van der Waals surface area contributed by atoms with Crippen molar-refractivity contribution in [1.82, 2.24) is 20.2 Å². The maximum Gasteiger partial charge on any atom is 0.347 e. The Balaban J connectivity index is 2.17. The van der Waals surface area contributed by atoms with E-state index >= 15 is 0 Å². The molecule has 0 saturated carbocycles. The lowest BCUT2D eigenvalue weighted by Gasteiger charge is -2.12. The number of thiazole rings is 1. The number of aromatic nitrogens is 4. The van der Waals surface area contributed by atoms with Crippen LogP contribution in [0.15, 0.2) is 6.33 Å². The van der Waals surface area contributed by atoms with Gasteiger partial charge in [0.25, 0.3) is 0 Å². The van der Waals surface area contributed by atoms with Gasteiger partial charge in [0, 0.05) is 7.05 Å². The van der Waals surface area contributed by atoms with E-state index in [2.05, 4.69) is 20.2 Å². The number of aryl methyl sites for hydroxylation is 1. The number of hydrogen-bond acceptors (Lipinski definition) is 6. The summed E-state index contributed by atoms with van der Waals surface area (Å²) in [7, 11) is 1.83. The number of nitrogens with zero attached hydrogens (tertiary/aromatic N) is 4. The molecule has 0 aromatic carbocycles. The second kappa shape index (κ2) is 4.50. The van der Waals surface area contributed by atoms with Gasteiger partial charge in [0.1, 0.15) is 17.0 Å². The zero-order valence-electron chi connectivity index (χ0n) is 9.34. The molecule has 2 aromatic rings. The highest BCUT2D eigenvalue weighted by Crippen LogP contribution is 2.25. The largest absolute Gasteiger partial charge is 0.477 e. The summed E-state index contributed by atoms with van der Waals surface area (Å²) in [6.07, 6.45) is 1.43. The van der Waals surface area contributed by atoms with E-state index < -0.39 is 5.97 Å². The summed E-state index contributed by atoms with van der Waals surface area (Å²) in [4.78, 5) is 21.2. The van der Waals surface area contributed by atoms with Gasteiger partial charge in [-0.1, -0.05) is 11.3 Å². The molecule has 90 valence electrons.